The fourth-order valence-corrected chi connectivity index (χ4v) is 5.86. The number of benzene rings is 2. The SMILES string of the molecule is CC1=C(C(=O)OC(C)C)C(c2ccc3ccccc3c2)C2=C(CC(c3cccs3)CC2=O)N1. The Hall–Kier alpha value is -3.18. The summed E-state index contributed by atoms with van der Waals surface area (Å²) in [4.78, 5) is 28.1. The Morgan fingerprint density at radius 2 is 1.85 bits per heavy atom. The number of dihydropyridines is 1. The molecule has 0 amide bonds. The third kappa shape index (κ3) is 4.02. The maximum Gasteiger partial charge on any atom is 0.337 e. The highest BCUT2D eigenvalue weighted by molar-refractivity contribution is 7.10. The molecule has 0 spiro atoms. The number of carbonyl (C=O) groups excluding carboxylic acids is 2. The minimum atomic E-state index is -0.436. The summed E-state index contributed by atoms with van der Waals surface area (Å²) in [6, 6.07) is 18.5. The van der Waals surface area contributed by atoms with Gasteiger partial charge in [-0.05, 0) is 55.0 Å². The van der Waals surface area contributed by atoms with Crippen molar-refractivity contribution in [2.24, 2.45) is 0 Å². The van der Waals surface area contributed by atoms with Gasteiger partial charge >= 0.3 is 5.97 Å². The zero-order chi connectivity index (χ0) is 23.1. The van der Waals surface area contributed by atoms with Gasteiger partial charge in [0.15, 0.2) is 5.78 Å². The van der Waals surface area contributed by atoms with Crippen LogP contribution < -0.4 is 5.32 Å². The Morgan fingerprint density at radius 3 is 2.58 bits per heavy atom. The van der Waals surface area contributed by atoms with Crippen LogP contribution in [0.1, 0.15) is 55.9 Å². The van der Waals surface area contributed by atoms with Gasteiger partial charge < -0.3 is 10.1 Å². The number of hydrogen-bond donors (Lipinski definition) is 1. The van der Waals surface area contributed by atoms with Crippen LogP contribution in [0, 0.1) is 0 Å². The van der Waals surface area contributed by atoms with Crippen LogP contribution in [0.15, 0.2) is 82.5 Å². The van der Waals surface area contributed by atoms with Gasteiger partial charge in [-0.25, -0.2) is 4.79 Å². The van der Waals surface area contributed by atoms with Crippen molar-refractivity contribution in [3.63, 3.8) is 0 Å². The number of ether oxygens (including phenoxy) is 1. The molecule has 0 bridgehead atoms. The van der Waals surface area contributed by atoms with Gasteiger partial charge in [0.1, 0.15) is 0 Å². The van der Waals surface area contributed by atoms with Crippen LogP contribution in [0.25, 0.3) is 10.8 Å². The van der Waals surface area contributed by atoms with Crippen LogP contribution in [0.3, 0.4) is 0 Å². The smallest absolute Gasteiger partial charge is 0.337 e. The van der Waals surface area contributed by atoms with Gasteiger partial charge in [-0.2, -0.15) is 0 Å². The Morgan fingerprint density at radius 1 is 1.06 bits per heavy atom. The number of rotatable bonds is 4. The molecule has 2 aromatic carbocycles. The molecule has 0 saturated carbocycles. The Labute approximate surface area is 198 Å². The van der Waals surface area contributed by atoms with Crippen molar-refractivity contribution in [2.75, 3.05) is 0 Å². The third-order valence-corrected chi connectivity index (χ3v) is 7.48. The molecule has 168 valence electrons. The summed E-state index contributed by atoms with van der Waals surface area (Å²) in [6.07, 6.45) is 0.974. The standard InChI is InChI=1S/C28H27NO3S/c1-16(2)32-28(31)25-17(3)29-22-14-21(24-9-6-12-33-24)15-23(30)27(22)26(25)20-11-10-18-7-4-5-8-19(18)13-20/h4-13,16,21,26,29H,14-15H2,1-3H3. The highest BCUT2D eigenvalue weighted by Gasteiger charge is 2.41. The molecule has 4 nitrogen and oxygen atoms in total. The first kappa shape index (κ1) is 21.7. The van der Waals surface area contributed by atoms with E-state index < -0.39 is 5.92 Å². The van der Waals surface area contributed by atoms with Gasteiger partial charge in [0.25, 0.3) is 0 Å². The predicted octanol–water partition coefficient (Wildman–Crippen LogP) is 6.21. The molecule has 1 N–H and O–H groups in total. The van der Waals surface area contributed by atoms with E-state index in [1.807, 2.05) is 45.0 Å². The lowest BCUT2D eigenvalue weighted by Gasteiger charge is -2.36. The van der Waals surface area contributed by atoms with E-state index in [1.165, 1.54) is 4.88 Å². The molecule has 0 fully saturated rings. The maximum atomic E-state index is 13.6. The second-order valence-electron chi connectivity index (χ2n) is 9.09. The van der Waals surface area contributed by atoms with Crippen molar-refractivity contribution in [3.8, 4) is 0 Å². The topological polar surface area (TPSA) is 55.4 Å². The molecule has 33 heavy (non-hydrogen) atoms. The highest BCUT2D eigenvalue weighted by Crippen LogP contribution is 2.46. The molecular formula is C28H27NO3S. The second-order valence-corrected chi connectivity index (χ2v) is 10.1. The fourth-order valence-electron chi connectivity index (χ4n) is 5.03. The molecule has 3 aromatic rings. The van der Waals surface area contributed by atoms with Crippen LogP contribution in [-0.4, -0.2) is 17.9 Å². The number of thiophene rings is 1. The van der Waals surface area contributed by atoms with Gasteiger partial charge in [-0.1, -0.05) is 48.5 Å². The van der Waals surface area contributed by atoms with E-state index in [4.69, 9.17) is 4.74 Å². The largest absolute Gasteiger partial charge is 0.460 e. The molecule has 1 aromatic heterocycles. The average Bonchev–Trinajstić information content (AvgIpc) is 3.32. The first-order chi connectivity index (χ1) is 15.9. The quantitative estimate of drug-likeness (QED) is 0.473. The number of Topliss-reactive ketones (excluding diaryl/α,β-unsaturated/α-hetero) is 1. The molecule has 2 aliphatic rings. The van der Waals surface area contributed by atoms with Crippen LogP contribution in [-0.2, 0) is 14.3 Å². The molecule has 0 radical (unpaired) electrons. The van der Waals surface area contributed by atoms with Crippen LogP contribution in [0.2, 0.25) is 0 Å². The number of fused-ring (bicyclic) bond motifs is 1. The first-order valence-electron chi connectivity index (χ1n) is 11.4. The van der Waals surface area contributed by atoms with Crippen molar-refractivity contribution >= 4 is 33.9 Å². The molecule has 2 unspecified atom stereocenters. The number of hydrogen-bond acceptors (Lipinski definition) is 5. The van der Waals surface area contributed by atoms with E-state index in [0.29, 0.717) is 17.6 Å². The van der Waals surface area contributed by atoms with E-state index in [2.05, 4.69) is 41.0 Å². The van der Waals surface area contributed by atoms with Gasteiger partial charge in [0.05, 0.1) is 11.7 Å². The van der Waals surface area contributed by atoms with Gasteiger partial charge in [0, 0.05) is 40.1 Å². The first-order valence-corrected chi connectivity index (χ1v) is 12.3. The summed E-state index contributed by atoms with van der Waals surface area (Å²) in [7, 11) is 0. The number of allylic oxidation sites excluding steroid dienone is 3. The summed E-state index contributed by atoms with van der Waals surface area (Å²) in [5.41, 5.74) is 3.87. The van der Waals surface area contributed by atoms with Crippen LogP contribution in [0.4, 0.5) is 0 Å². The number of nitrogens with one attached hydrogen (secondary N) is 1. The second kappa shape index (κ2) is 8.64. The van der Waals surface area contributed by atoms with E-state index in [0.717, 1.165) is 34.2 Å². The van der Waals surface area contributed by atoms with Crippen molar-refractivity contribution in [2.45, 2.75) is 51.6 Å². The molecule has 1 aliphatic carbocycles. The van der Waals surface area contributed by atoms with Crippen LogP contribution in [0.5, 0.6) is 0 Å². The summed E-state index contributed by atoms with van der Waals surface area (Å²) in [5, 5.41) is 7.70. The van der Waals surface area contributed by atoms with Gasteiger partial charge in [-0.15, -0.1) is 11.3 Å². The number of carbonyl (C=O) groups is 2. The summed E-state index contributed by atoms with van der Waals surface area (Å²) < 4.78 is 5.63. The lowest BCUT2D eigenvalue weighted by Crippen LogP contribution is -2.36. The zero-order valence-electron chi connectivity index (χ0n) is 19.1. The fraction of sp³-hybridized carbons (Fsp3) is 0.286. The maximum absolute atomic E-state index is 13.6. The summed E-state index contributed by atoms with van der Waals surface area (Å²) in [6.45, 7) is 5.60. The molecule has 2 atom stereocenters. The minimum absolute atomic E-state index is 0.0997. The van der Waals surface area contributed by atoms with Crippen molar-refractivity contribution < 1.29 is 14.3 Å². The molecule has 2 heterocycles. The zero-order valence-corrected chi connectivity index (χ0v) is 19.9. The lowest BCUT2D eigenvalue weighted by atomic mass is 9.72. The monoisotopic (exact) mass is 457 g/mol. The highest BCUT2D eigenvalue weighted by atomic mass is 32.1. The van der Waals surface area contributed by atoms with Gasteiger partial charge in [0.2, 0.25) is 0 Å². The van der Waals surface area contributed by atoms with Crippen molar-refractivity contribution in [3.05, 3.63) is 93.0 Å². The predicted molar refractivity (Wildman–Crippen MR) is 132 cm³/mol. The molecular weight excluding hydrogens is 430 g/mol. The molecule has 5 rings (SSSR count). The Balaban J connectivity index is 1.64. The molecule has 5 heteroatoms. The third-order valence-electron chi connectivity index (χ3n) is 6.44. The lowest BCUT2D eigenvalue weighted by molar-refractivity contribution is -0.143. The van der Waals surface area contributed by atoms with E-state index in [1.54, 1.807) is 11.3 Å². The van der Waals surface area contributed by atoms with E-state index in [9.17, 15) is 9.59 Å². The molecule has 1 aliphatic heterocycles. The summed E-state index contributed by atoms with van der Waals surface area (Å²) in [5.74, 6) is -0.539. The summed E-state index contributed by atoms with van der Waals surface area (Å²) >= 11 is 1.69. The van der Waals surface area contributed by atoms with Gasteiger partial charge in [-0.3, -0.25) is 4.79 Å². The van der Waals surface area contributed by atoms with E-state index >= 15 is 0 Å². The van der Waals surface area contributed by atoms with Crippen LogP contribution >= 0.6 is 11.3 Å². The van der Waals surface area contributed by atoms with E-state index in [-0.39, 0.29) is 23.8 Å². The van der Waals surface area contributed by atoms with Crippen molar-refractivity contribution in [1.29, 1.82) is 0 Å². The Bertz CT molecular complexity index is 1300. The molecule has 0 saturated heterocycles. The van der Waals surface area contributed by atoms with Crippen molar-refractivity contribution in [1.82, 2.24) is 5.32 Å². The number of esters is 1. The normalized spacial score (nSPS) is 20.8. The average molecular weight is 458 g/mol. The number of ketones is 1. The minimum Gasteiger partial charge on any atom is -0.460 e. The Kier molecular flexibility index (Phi) is 5.67.